The zero-order valence-electron chi connectivity index (χ0n) is 24.2. The summed E-state index contributed by atoms with van der Waals surface area (Å²) in [5.74, 6) is -2.83. The molecule has 2 unspecified atom stereocenters. The van der Waals surface area contributed by atoms with Crippen molar-refractivity contribution in [2.75, 3.05) is 18.4 Å². The number of halogens is 6. The first-order valence-electron chi connectivity index (χ1n) is 14.5. The summed E-state index contributed by atoms with van der Waals surface area (Å²) in [7, 11) is 0. The van der Waals surface area contributed by atoms with Crippen LogP contribution >= 0.6 is 22.9 Å². The summed E-state index contributed by atoms with van der Waals surface area (Å²) in [6.45, 7) is 2.35. The Morgan fingerprint density at radius 2 is 1.91 bits per heavy atom. The summed E-state index contributed by atoms with van der Waals surface area (Å²) < 4.78 is 69.3. The van der Waals surface area contributed by atoms with Gasteiger partial charge in [-0.3, -0.25) is 9.59 Å². The number of nitrogens with one attached hydrogen (secondary N) is 5. The minimum Gasteiger partial charge on any atom is -0.358 e. The van der Waals surface area contributed by atoms with Crippen LogP contribution in [0, 0.1) is 11.6 Å². The molecule has 0 saturated carbocycles. The van der Waals surface area contributed by atoms with Gasteiger partial charge >= 0.3 is 12.1 Å². The predicted molar refractivity (Wildman–Crippen MR) is 165 cm³/mol. The zero-order valence-corrected chi connectivity index (χ0v) is 26.3. The van der Waals surface area contributed by atoms with Crippen LogP contribution in [0.2, 0.25) is 0 Å². The highest BCUT2D eigenvalue weighted by atomic mass is 127. The van der Waals surface area contributed by atoms with E-state index in [1.54, 1.807) is 6.20 Å². The van der Waals surface area contributed by atoms with Crippen LogP contribution in [0.15, 0.2) is 48.4 Å². The Bertz CT molecular complexity index is 1360. The lowest BCUT2D eigenvalue weighted by atomic mass is 9.87. The molecule has 240 valence electrons. The van der Waals surface area contributed by atoms with E-state index >= 15 is 0 Å². The molecular formula is C30H36F5IN6O2. The highest BCUT2D eigenvalue weighted by Crippen LogP contribution is 2.26. The van der Waals surface area contributed by atoms with Crippen molar-refractivity contribution in [1.29, 1.82) is 0 Å². The lowest BCUT2D eigenvalue weighted by Gasteiger charge is -2.29. The van der Waals surface area contributed by atoms with Gasteiger partial charge in [0.05, 0.1) is 28.9 Å². The smallest absolute Gasteiger partial charge is 0.358 e. The van der Waals surface area contributed by atoms with Crippen LogP contribution in [0.4, 0.5) is 27.6 Å². The number of rotatable bonds is 12. The number of aryl methyl sites for hydroxylation is 1. The van der Waals surface area contributed by atoms with Gasteiger partial charge < -0.3 is 29.7 Å². The van der Waals surface area contributed by atoms with Crippen molar-refractivity contribution in [2.24, 2.45) is 0 Å². The van der Waals surface area contributed by atoms with Crippen molar-refractivity contribution in [2.45, 2.75) is 76.3 Å². The van der Waals surface area contributed by atoms with Crippen LogP contribution in [0.25, 0.3) is 0 Å². The van der Waals surface area contributed by atoms with Gasteiger partial charge in [0, 0.05) is 49.7 Å². The van der Waals surface area contributed by atoms with E-state index in [1.807, 2.05) is 54.1 Å². The molecule has 2 aromatic carbocycles. The molecule has 0 radical (unpaired) electrons. The molecule has 1 saturated heterocycles. The van der Waals surface area contributed by atoms with Crippen molar-refractivity contribution in [3.63, 3.8) is 0 Å². The number of likely N-dealkylation sites (tertiary alicyclic amines) is 1. The predicted octanol–water partition coefficient (Wildman–Crippen LogP) is 4.80. The van der Waals surface area contributed by atoms with Gasteiger partial charge in [-0.1, -0.05) is 31.5 Å². The SMILES string of the molecule is CCCC(N[C@H]1CCc2cc(F)cc(F)c2C1)C(=O)N/C(=C/Nc1ccccc1CNC1CCN(C(=O)C(F)(F)F)C1)NI. The lowest BCUT2D eigenvalue weighted by molar-refractivity contribution is -0.184. The molecule has 0 bridgehead atoms. The number of amides is 2. The molecule has 44 heavy (non-hydrogen) atoms. The van der Waals surface area contributed by atoms with E-state index in [1.165, 1.54) is 6.07 Å². The van der Waals surface area contributed by atoms with Crippen molar-refractivity contribution >= 4 is 40.4 Å². The summed E-state index contributed by atoms with van der Waals surface area (Å²) in [5.41, 5.74) is 2.72. The van der Waals surface area contributed by atoms with Crippen LogP contribution < -0.4 is 24.8 Å². The van der Waals surface area contributed by atoms with E-state index in [4.69, 9.17) is 0 Å². The van der Waals surface area contributed by atoms with E-state index in [0.29, 0.717) is 55.6 Å². The van der Waals surface area contributed by atoms with E-state index in [9.17, 15) is 31.5 Å². The minimum absolute atomic E-state index is 0.0173. The molecule has 8 nitrogen and oxygen atoms in total. The monoisotopic (exact) mass is 734 g/mol. The third-order valence-corrected chi connectivity index (χ3v) is 8.43. The van der Waals surface area contributed by atoms with Gasteiger partial charge in [0.25, 0.3) is 0 Å². The average molecular weight is 735 g/mol. The summed E-state index contributed by atoms with van der Waals surface area (Å²) in [5, 5.41) is 12.7. The molecule has 14 heteroatoms. The number of benzene rings is 2. The van der Waals surface area contributed by atoms with Crippen molar-refractivity contribution in [1.82, 2.24) is 24.4 Å². The van der Waals surface area contributed by atoms with Crippen LogP contribution in [-0.2, 0) is 29.0 Å². The van der Waals surface area contributed by atoms with Gasteiger partial charge in [-0.05, 0) is 60.9 Å². The molecule has 2 amide bonds. The Morgan fingerprint density at radius 3 is 2.64 bits per heavy atom. The Morgan fingerprint density at radius 1 is 1.14 bits per heavy atom. The Labute approximate surface area is 267 Å². The number of carbonyl (C=O) groups is 2. The normalized spacial score (nSPS) is 19.3. The maximum absolute atomic E-state index is 14.4. The molecule has 2 aromatic rings. The van der Waals surface area contributed by atoms with Gasteiger partial charge in [0.2, 0.25) is 5.91 Å². The topological polar surface area (TPSA) is 97.5 Å². The number of carbonyl (C=O) groups excluding carboxylic acids is 2. The second-order valence-electron chi connectivity index (χ2n) is 11.0. The number of alkyl halides is 3. The van der Waals surface area contributed by atoms with Crippen LogP contribution in [0.5, 0.6) is 0 Å². The maximum atomic E-state index is 14.4. The third-order valence-electron chi connectivity index (χ3n) is 7.84. The van der Waals surface area contributed by atoms with Gasteiger partial charge in [-0.25, -0.2) is 8.78 Å². The molecule has 0 spiro atoms. The summed E-state index contributed by atoms with van der Waals surface area (Å²) in [6.07, 6.45) is -0.0188. The van der Waals surface area contributed by atoms with Crippen molar-refractivity contribution in [3.8, 4) is 0 Å². The summed E-state index contributed by atoms with van der Waals surface area (Å²) in [4.78, 5) is 25.6. The van der Waals surface area contributed by atoms with E-state index in [-0.39, 0.29) is 31.1 Å². The second kappa shape index (κ2) is 15.3. The summed E-state index contributed by atoms with van der Waals surface area (Å²) >= 11 is 1.91. The fourth-order valence-corrected chi connectivity index (χ4v) is 5.90. The standard InChI is InChI=1S/C30H36F5IN6O2/c1-2-5-26(39-21-9-8-18-12-20(31)13-24(32)23(18)14-21)28(43)40-27(41-36)16-38-25-7-4-3-6-19(25)15-37-22-10-11-42(17-22)29(44)30(33,34)35/h3-4,6-7,12-13,16,21-22,26,37-39,41H,2,5,8-11,14-15,17H2,1H3,(H,40,43)/b27-16-/t21-,22?,26?/m0/s1. The highest BCUT2D eigenvalue weighted by Gasteiger charge is 2.44. The van der Waals surface area contributed by atoms with E-state index < -0.39 is 29.8 Å². The highest BCUT2D eigenvalue weighted by molar-refractivity contribution is 14.1. The molecule has 0 aromatic heterocycles. The molecule has 4 rings (SSSR count). The Balaban J connectivity index is 1.33. The van der Waals surface area contributed by atoms with Gasteiger partial charge in [-0.2, -0.15) is 13.2 Å². The second-order valence-corrected chi connectivity index (χ2v) is 11.6. The largest absolute Gasteiger partial charge is 0.471 e. The first-order chi connectivity index (χ1) is 21.0. The number of anilines is 1. The molecule has 1 heterocycles. The summed E-state index contributed by atoms with van der Waals surface area (Å²) in [6, 6.07) is 8.70. The van der Waals surface area contributed by atoms with Gasteiger partial charge in [-0.15, -0.1) is 0 Å². The van der Waals surface area contributed by atoms with Crippen molar-refractivity contribution < 1.29 is 31.5 Å². The van der Waals surface area contributed by atoms with Gasteiger partial charge in [0.1, 0.15) is 17.5 Å². The molecular weight excluding hydrogens is 698 g/mol. The molecule has 2 aliphatic rings. The first-order valence-corrected chi connectivity index (χ1v) is 15.6. The molecule has 3 atom stereocenters. The number of hydrogen-bond acceptors (Lipinski definition) is 6. The number of fused-ring (bicyclic) bond motifs is 1. The van der Waals surface area contributed by atoms with Crippen LogP contribution in [-0.4, -0.2) is 54.1 Å². The third kappa shape index (κ3) is 9.03. The van der Waals surface area contributed by atoms with Crippen LogP contribution in [0.1, 0.15) is 49.3 Å². The minimum atomic E-state index is -4.88. The molecule has 1 aliphatic carbocycles. The van der Waals surface area contributed by atoms with Crippen LogP contribution in [0.3, 0.4) is 0 Å². The lowest BCUT2D eigenvalue weighted by Crippen LogP contribution is -2.50. The molecule has 1 fully saturated rings. The quantitative estimate of drug-likeness (QED) is 0.122. The number of para-hydroxylation sites is 1. The molecule has 1 aliphatic heterocycles. The van der Waals surface area contributed by atoms with E-state index in [0.717, 1.165) is 28.6 Å². The first kappa shape index (κ1) is 33.9. The van der Waals surface area contributed by atoms with Crippen molar-refractivity contribution in [3.05, 3.63) is 76.7 Å². The number of nitrogens with zero attached hydrogens (tertiary/aromatic N) is 1. The molecule has 5 N–H and O–H groups in total. The van der Waals surface area contributed by atoms with Gasteiger partial charge in [0.15, 0.2) is 0 Å². The number of hydrogen-bond donors (Lipinski definition) is 5. The Hall–Kier alpha value is -2.98. The maximum Gasteiger partial charge on any atom is 0.471 e. The average Bonchev–Trinajstić information content (AvgIpc) is 3.46. The Kier molecular flexibility index (Phi) is 11.8. The fourth-order valence-electron chi connectivity index (χ4n) is 5.61. The van der Waals surface area contributed by atoms with E-state index in [2.05, 4.69) is 24.8 Å². The fraction of sp³-hybridized carbons (Fsp3) is 0.467. The zero-order chi connectivity index (χ0) is 31.9.